The Balaban J connectivity index is 2.08. The molecule has 0 saturated carbocycles. The molecule has 1 N–H and O–H groups in total. The number of rotatable bonds is 6. The van der Waals surface area contributed by atoms with Crippen molar-refractivity contribution in [2.24, 2.45) is 0 Å². The van der Waals surface area contributed by atoms with Crippen LogP contribution in [0.2, 0.25) is 0 Å². The van der Waals surface area contributed by atoms with Gasteiger partial charge in [0.15, 0.2) is 0 Å². The summed E-state index contributed by atoms with van der Waals surface area (Å²) >= 11 is 0. The lowest BCUT2D eigenvalue weighted by molar-refractivity contribution is 0.0808. The van der Waals surface area contributed by atoms with E-state index in [0.29, 0.717) is 6.42 Å². The molecule has 0 aliphatic heterocycles. The summed E-state index contributed by atoms with van der Waals surface area (Å²) in [6.07, 6.45) is 0.484. The molecule has 0 aromatic heterocycles. The van der Waals surface area contributed by atoms with E-state index < -0.39 is 5.60 Å². The van der Waals surface area contributed by atoms with Crippen LogP contribution in [-0.2, 0) is 12.0 Å². The third kappa shape index (κ3) is 3.58. The molecule has 3 aromatic carbocycles. The molecule has 0 bridgehead atoms. The monoisotopic (exact) mass is 348 g/mol. The van der Waals surface area contributed by atoms with E-state index in [-0.39, 0.29) is 0 Å². The fourth-order valence-electron chi connectivity index (χ4n) is 3.19. The molecule has 0 heterocycles. The van der Waals surface area contributed by atoms with Crippen LogP contribution in [0.1, 0.15) is 22.3 Å². The number of aryl methyl sites for hydroxylation is 1. The van der Waals surface area contributed by atoms with Gasteiger partial charge in [0.25, 0.3) is 0 Å². The predicted molar refractivity (Wildman–Crippen MR) is 104 cm³/mol. The number of hydrogen-bond acceptors (Lipinski definition) is 3. The highest BCUT2D eigenvalue weighted by atomic mass is 16.5. The standard InChI is InChI=1S/C23H24O3/c1-17-6-4-5-7-18(17)16-23(24,19-8-12-21(25-2)13-9-19)20-10-14-22(26-3)15-11-20/h4-15,24H,16H2,1-3H3. The Hall–Kier alpha value is -2.78. The Morgan fingerprint density at radius 1 is 0.731 bits per heavy atom. The van der Waals surface area contributed by atoms with Gasteiger partial charge in [0.1, 0.15) is 17.1 Å². The second-order valence-corrected chi connectivity index (χ2v) is 6.42. The topological polar surface area (TPSA) is 38.7 Å². The number of methoxy groups -OCH3 is 2. The average molecular weight is 348 g/mol. The lowest BCUT2D eigenvalue weighted by atomic mass is 9.80. The van der Waals surface area contributed by atoms with E-state index in [1.54, 1.807) is 14.2 Å². The van der Waals surface area contributed by atoms with E-state index in [1.807, 2.05) is 60.7 Å². The van der Waals surface area contributed by atoms with Crippen LogP contribution in [0.25, 0.3) is 0 Å². The molecule has 0 aliphatic rings. The maximum atomic E-state index is 11.8. The summed E-state index contributed by atoms with van der Waals surface area (Å²) in [5, 5.41) is 11.8. The molecular formula is C23H24O3. The van der Waals surface area contributed by atoms with Gasteiger partial charge < -0.3 is 14.6 Å². The van der Waals surface area contributed by atoms with E-state index in [2.05, 4.69) is 19.1 Å². The second-order valence-electron chi connectivity index (χ2n) is 6.42. The van der Waals surface area contributed by atoms with Gasteiger partial charge in [-0.25, -0.2) is 0 Å². The van der Waals surface area contributed by atoms with E-state index in [0.717, 1.165) is 33.8 Å². The minimum atomic E-state index is -1.15. The second kappa shape index (κ2) is 7.63. The van der Waals surface area contributed by atoms with Crippen molar-refractivity contribution in [2.75, 3.05) is 14.2 Å². The third-order valence-corrected chi connectivity index (χ3v) is 4.84. The first-order chi connectivity index (χ1) is 12.6. The molecule has 26 heavy (non-hydrogen) atoms. The zero-order valence-electron chi connectivity index (χ0n) is 15.4. The molecule has 0 atom stereocenters. The van der Waals surface area contributed by atoms with Crippen LogP contribution in [-0.4, -0.2) is 19.3 Å². The zero-order valence-corrected chi connectivity index (χ0v) is 15.4. The maximum absolute atomic E-state index is 11.8. The Labute approximate surface area is 154 Å². The molecule has 0 unspecified atom stereocenters. The van der Waals surface area contributed by atoms with Crippen molar-refractivity contribution in [3.05, 3.63) is 95.1 Å². The molecule has 0 amide bonds. The van der Waals surface area contributed by atoms with Crippen molar-refractivity contribution in [3.63, 3.8) is 0 Å². The SMILES string of the molecule is COc1ccc(C(O)(Cc2ccccc2C)c2ccc(OC)cc2)cc1. The van der Waals surface area contributed by atoms with Crippen molar-refractivity contribution in [3.8, 4) is 11.5 Å². The molecule has 134 valence electrons. The van der Waals surface area contributed by atoms with Crippen molar-refractivity contribution in [2.45, 2.75) is 18.9 Å². The van der Waals surface area contributed by atoms with Crippen LogP contribution in [0.3, 0.4) is 0 Å². The third-order valence-electron chi connectivity index (χ3n) is 4.84. The fourth-order valence-corrected chi connectivity index (χ4v) is 3.19. The Bertz CT molecular complexity index is 804. The van der Waals surface area contributed by atoms with Gasteiger partial charge in [-0.3, -0.25) is 0 Å². The lowest BCUT2D eigenvalue weighted by Gasteiger charge is -2.30. The van der Waals surface area contributed by atoms with Crippen LogP contribution in [0.15, 0.2) is 72.8 Å². The normalized spacial score (nSPS) is 11.2. The number of benzene rings is 3. The van der Waals surface area contributed by atoms with E-state index in [1.165, 1.54) is 0 Å². The quantitative estimate of drug-likeness (QED) is 0.713. The van der Waals surface area contributed by atoms with Gasteiger partial charge in [-0.15, -0.1) is 0 Å². The summed E-state index contributed by atoms with van der Waals surface area (Å²) in [7, 11) is 3.27. The van der Waals surface area contributed by atoms with Gasteiger partial charge in [-0.2, -0.15) is 0 Å². The molecule has 0 fully saturated rings. The highest BCUT2D eigenvalue weighted by molar-refractivity contribution is 5.43. The molecule has 0 radical (unpaired) electrons. The average Bonchev–Trinajstić information content (AvgIpc) is 2.70. The van der Waals surface area contributed by atoms with Gasteiger partial charge in [0.2, 0.25) is 0 Å². The molecule has 0 saturated heterocycles. The molecule has 0 spiro atoms. The number of ether oxygens (including phenoxy) is 2. The fraction of sp³-hybridized carbons (Fsp3) is 0.217. The maximum Gasteiger partial charge on any atom is 0.119 e. The van der Waals surface area contributed by atoms with Gasteiger partial charge in [-0.05, 0) is 53.4 Å². The summed E-state index contributed by atoms with van der Waals surface area (Å²) in [6.45, 7) is 2.07. The summed E-state index contributed by atoms with van der Waals surface area (Å²) in [4.78, 5) is 0. The first-order valence-corrected chi connectivity index (χ1v) is 8.63. The minimum Gasteiger partial charge on any atom is -0.497 e. The van der Waals surface area contributed by atoms with Gasteiger partial charge >= 0.3 is 0 Å². The summed E-state index contributed by atoms with van der Waals surface area (Å²) in [6, 6.07) is 23.3. The summed E-state index contributed by atoms with van der Waals surface area (Å²) in [5.41, 5.74) is 2.78. The predicted octanol–water partition coefficient (Wildman–Crippen LogP) is 4.49. The summed E-state index contributed by atoms with van der Waals surface area (Å²) in [5.74, 6) is 1.53. The highest BCUT2D eigenvalue weighted by Crippen LogP contribution is 2.35. The van der Waals surface area contributed by atoms with Crippen LogP contribution in [0.4, 0.5) is 0 Å². The zero-order chi connectivity index (χ0) is 18.6. The lowest BCUT2D eigenvalue weighted by Crippen LogP contribution is -2.30. The Morgan fingerprint density at radius 3 is 1.62 bits per heavy atom. The Kier molecular flexibility index (Phi) is 5.29. The van der Waals surface area contributed by atoms with Gasteiger partial charge in [0.05, 0.1) is 14.2 Å². The smallest absolute Gasteiger partial charge is 0.119 e. The summed E-state index contributed by atoms with van der Waals surface area (Å²) < 4.78 is 10.5. The van der Waals surface area contributed by atoms with E-state index in [9.17, 15) is 5.11 Å². The van der Waals surface area contributed by atoms with Crippen LogP contribution < -0.4 is 9.47 Å². The molecule has 3 aromatic rings. The van der Waals surface area contributed by atoms with Crippen molar-refractivity contribution < 1.29 is 14.6 Å². The number of aliphatic hydroxyl groups is 1. The molecule has 3 nitrogen and oxygen atoms in total. The van der Waals surface area contributed by atoms with Crippen molar-refractivity contribution >= 4 is 0 Å². The van der Waals surface area contributed by atoms with Crippen molar-refractivity contribution in [1.82, 2.24) is 0 Å². The highest BCUT2D eigenvalue weighted by Gasteiger charge is 2.32. The van der Waals surface area contributed by atoms with Gasteiger partial charge in [0, 0.05) is 6.42 Å². The molecule has 3 rings (SSSR count). The molecular weight excluding hydrogens is 324 g/mol. The molecule has 0 aliphatic carbocycles. The first kappa shape index (κ1) is 18.0. The van der Waals surface area contributed by atoms with Gasteiger partial charge in [-0.1, -0.05) is 48.5 Å². The first-order valence-electron chi connectivity index (χ1n) is 8.63. The van der Waals surface area contributed by atoms with E-state index >= 15 is 0 Å². The largest absolute Gasteiger partial charge is 0.497 e. The van der Waals surface area contributed by atoms with E-state index in [4.69, 9.17) is 9.47 Å². The van der Waals surface area contributed by atoms with Crippen LogP contribution in [0.5, 0.6) is 11.5 Å². The van der Waals surface area contributed by atoms with Crippen molar-refractivity contribution in [1.29, 1.82) is 0 Å². The Morgan fingerprint density at radius 2 is 1.19 bits per heavy atom. The van der Waals surface area contributed by atoms with Crippen LogP contribution >= 0.6 is 0 Å². The number of hydrogen-bond donors (Lipinski definition) is 1. The van der Waals surface area contributed by atoms with Crippen LogP contribution in [0, 0.1) is 6.92 Å². The molecule has 3 heteroatoms. The minimum absolute atomic E-state index is 0.484.